The van der Waals surface area contributed by atoms with Crippen molar-refractivity contribution in [1.82, 2.24) is 0 Å². The Morgan fingerprint density at radius 1 is 1.23 bits per heavy atom. The molecule has 3 nitrogen and oxygen atoms in total. The lowest BCUT2D eigenvalue weighted by Gasteiger charge is -2.30. The Morgan fingerprint density at radius 2 is 1.82 bits per heavy atom. The summed E-state index contributed by atoms with van der Waals surface area (Å²) in [7, 11) is 0. The van der Waals surface area contributed by atoms with Crippen LogP contribution in [0.1, 0.15) is 40.0 Å². The molecule has 0 aromatic heterocycles. The fourth-order valence-electron chi connectivity index (χ4n) is 2.45. The van der Waals surface area contributed by atoms with Gasteiger partial charge < -0.3 is 5.73 Å². The molecule has 0 aromatic carbocycles. The fourth-order valence-corrected chi connectivity index (χ4v) is 4.80. The van der Waals surface area contributed by atoms with Gasteiger partial charge in [0.15, 0.2) is 5.78 Å². The van der Waals surface area contributed by atoms with Crippen LogP contribution in [0.5, 0.6) is 0 Å². The van der Waals surface area contributed by atoms with Crippen LogP contribution in [0.25, 0.3) is 0 Å². The van der Waals surface area contributed by atoms with E-state index in [2.05, 4.69) is 26.0 Å². The van der Waals surface area contributed by atoms with Gasteiger partial charge in [-0.15, -0.1) is 0 Å². The van der Waals surface area contributed by atoms with Gasteiger partial charge in [-0.1, -0.05) is 32.9 Å². The molecule has 0 fully saturated rings. The minimum absolute atomic E-state index is 0.0575. The van der Waals surface area contributed by atoms with Crippen LogP contribution in [0.15, 0.2) is 12.2 Å². The minimum Gasteiger partial charge on any atom is -0.324 e. The molecule has 2 N–H and O–H groups in total. The standard InChI is InChI=1S/C17H29NO2S2/c1-4-16(2)12-21-9-5-6-10-22-13-17(3,15(20)11-18)8-7-14(16)19/h5-6H,4,7-13,18H2,1-3H3/b6-5+/t16-,17-/m0/s1. The first-order chi connectivity index (χ1) is 10.4. The van der Waals surface area contributed by atoms with Crippen LogP contribution in [-0.2, 0) is 9.59 Å². The highest BCUT2D eigenvalue weighted by Gasteiger charge is 2.36. The number of nitrogens with two attached hydrogens (primary N) is 1. The third-order valence-electron chi connectivity index (χ3n) is 4.65. The number of hydrogen-bond donors (Lipinski definition) is 1. The molecule has 0 saturated carbocycles. The van der Waals surface area contributed by atoms with Crippen molar-refractivity contribution < 1.29 is 9.59 Å². The zero-order valence-electron chi connectivity index (χ0n) is 14.0. The molecule has 0 amide bonds. The summed E-state index contributed by atoms with van der Waals surface area (Å²) in [6.07, 6.45) is 6.25. The molecule has 2 atom stereocenters. The SMILES string of the molecule is CC[C@@]1(C)CSC/C=C/CSC[C@@](C)(C(=O)CN)CCC1=O. The normalized spacial score (nSPS) is 33.4. The average molecular weight is 344 g/mol. The molecule has 22 heavy (non-hydrogen) atoms. The van der Waals surface area contributed by atoms with E-state index in [1.807, 2.05) is 18.7 Å². The number of rotatable bonds is 3. The average Bonchev–Trinajstić information content (AvgIpc) is 2.54. The summed E-state index contributed by atoms with van der Waals surface area (Å²) < 4.78 is 0. The Bertz CT molecular complexity index is 425. The van der Waals surface area contributed by atoms with Crippen molar-refractivity contribution >= 4 is 35.1 Å². The second-order valence-electron chi connectivity index (χ2n) is 6.53. The molecule has 0 spiro atoms. The summed E-state index contributed by atoms with van der Waals surface area (Å²) in [5.41, 5.74) is 4.81. The number of ketones is 2. The van der Waals surface area contributed by atoms with Gasteiger partial charge in [-0.2, -0.15) is 23.5 Å². The van der Waals surface area contributed by atoms with Crippen LogP contribution in [0.4, 0.5) is 0 Å². The monoisotopic (exact) mass is 343 g/mol. The molecular weight excluding hydrogens is 314 g/mol. The Kier molecular flexibility index (Phi) is 8.22. The fraction of sp³-hybridized carbons (Fsp3) is 0.765. The maximum Gasteiger partial charge on any atom is 0.153 e. The maximum absolute atomic E-state index is 12.7. The molecule has 0 radical (unpaired) electrons. The molecule has 5 heteroatoms. The van der Waals surface area contributed by atoms with Crippen LogP contribution in [0, 0.1) is 10.8 Å². The summed E-state index contributed by atoms with van der Waals surface area (Å²) in [4.78, 5) is 24.9. The van der Waals surface area contributed by atoms with Gasteiger partial charge in [0.25, 0.3) is 0 Å². The van der Waals surface area contributed by atoms with E-state index in [1.54, 1.807) is 11.8 Å². The number of thioether (sulfide) groups is 2. The zero-order chi connectivity index (χ0) is 16.6. The molecule has 0 aliphatic carbocycles. The van der Waals surface area contributed by atoms with Gasteiger partial charge in [-0.3, -0.25) is 9.59 Å². The molecule has 0 bridgehead atoms. The highest BCUT2D eigenvalue weighted by atomic mass is 32.2. The number of carbonyl (C=O) groups is 2. The van der Waals surface area contributed by atoms with Crippen LogP contribution < -0.4 is 5.73 Å². The van der Waals surface area contributed by atoms with Gasteiger partial charge >= 0.3 is 0 Å². The van der Waals surface area contributed by atoms with E-state index < -0.39 is 5.41 Å². The summed E-state index contributed by atoms with van der Waals surface area (Å²) in [6, 6.07) is 0. The summed E-state index contributed by atoms with van der Waals surface area (Å²) in [5, 5.41) is 0. The van der Waals surface area contributed by atoms with Crippen molar-refractivity contribution in [3.63, 3.8) is 0 Å². The van der Waals surface area contributed by atoms with Crippen molar-refractivity contribution in [2.75, 3.05) is 29.6 Å². The predicted molar refractivity (Wildman–Crippen MR) is 98.6 cm³/mol. The van der Waals surface area contributed by atoms with E-state index in [9.17, 15) is 9.59 Å². The first kappa shape index (κ1) is 19.8. The maximum atomic E-state index is 12.7. The van der Waals surface area contributed by atoms with Crippen molar-refractivity contribution in [1.29, 1.82) is 0 Å². The van der Waals surface area contributed by atoms with Crippen LogP contribution in [0.3, 0.4) is 0 Å². The smallest absolute Gasteiger partial charge is 0.153 e. The largest absolute Gasteiger partial charge is 0.324 e. The van der Waals surface area contributed by atoms with Gasteiger partial charge in [0.05, 0.1) is 6.54 Å². The quantitative estimate of drug-likeness (QED) is 0.797. The number of carbonyl (C=O) groups excluding carboxylic acids is 2. The molecule has 0 aromatic rings. The molecule has 1 aliphatic heterocycles. The van der Waals surface area contributed by atoms with Crippen molar-refractivity contribution in [3.05, 3.63) is 12.2 Å². The Hall–Kier alpha value is -0.260. The van der Waals surface area contributed by atoms with E-state index in [1.165, 1.54) is 0 Å². The molecule has 1 rings (SSSR count). The minimum atomic E-state index is -0.487. The topological polar surface area (TPSA) is 60.2 Å². The second-order valence-corrected chi connectivity index (χ2v) is 8.59. The Morgan fingerprint density at radius 3 is 2.36 bits per heavy atom. The lowest BCUT2D eigenvalue weighted by molar-refractivity contribution is -0.129. The van der Waals surface area contributed by atoms with Gasteiger partial charge in [-0.25, -0.2) is 0 Å². The van der Waals surface area contributed by atoms with E-state index in [-0.39, 0.29) is 23.5 Å². The molecular formula is C17H29NO2S2. The predicted octanol–water partition coefficient (Wildman–Crippen LogP) is 3.32. The van der Waals surface area contributed by atoms with Gasteiger partial charge in [0, 0.05) is 40.3 Å². The molecule has 1 aliphatic rings. The van der Waals surface area contributed by atoms with Gasteiger partial charge in [-0.05, 0) is 12.8 Å². The molecule has 0 unspecified atom stereocenters. The highest BCUT2D eigenvalue weighted by molar-refractivity contribution is 7.99. The van der Waals surface area contributed by atoms with Crippen LogP contribution >= 0.6 is 23.5 Å². The Balaban J connectivity index is 2.91. The molecule has 0 saturated heterocycles. The van der Waals surface area contributed by atoms with Crippen molar-refractivity contribution in [2.45, 2.75) is 40.0 Å². The van der Waals surface area contributed by atoms with E-state index in [0.29, 0.717) is 12.8 Å². The molecule has 126 valence electrons. The summed E-state index contributed by atoms with van der Waals surface area (Å²) in [5.74, 6) is 3.79. The third kappa shape index (κ3) is 5.43. The second kappa shape index (κ2) is 9.14. The third-order valence-corrected chi connectivity index (χ3v) is 7.19. The van der Waals surface area contributed by atoms with E-state index >= 15 is 0 Å². The summed E-state index contributed by atoms with van der Waals surface area (Å²) >= 11 is 3.56. The number of Topliss-reactive ketones (excluding diaryl/α,β-unsaturated/α-hetero) is 2. The Labute approximate surface area is 143 Å². The van der Waals surface area contributed by atoms with E-state index in [4.69, 9.17) is 5.73 Å². The van der Waals surface area contributed by atoms with Crippen molar-refractivity contribution in [3.8, 4) is 0 Å². The lowest BCUT2D eigenvalue weighted by Crippen LogP contribution is -2.38. The summed E-state index contributed by atoms with van der Waals surface area (Å²) in [6.45, 7) is 6.15. The lowest BCUT2D eigenvalue weighted by atomic mass is 9.77. The van der Waals surface area contributed by atoms with Crippen LogP contribution in [0.2, 0.25) is 0 Å². The molecule has 1 heterocycles. The van der Waals surface area contributed by atoms with Crippen LogP contribution in [-0.4, -0.2) is 41.1 Å². The first-order valence-corrected chi connectivity index (χ1v) is 10.3. The van der Waals surface area contributed by atoms with Gasteiger partial charge in [0.1, 0.15) is 5.78 Å². The number of hydrogen-bond acceptors (Lipinski definition) is 5. The van der Waals surface area contributed by atoms with E-state index in [0.717, 1.165) is 29.4 Å². The van der Waals surface area contributed by atoms with Gasteiger partial charge in [0.2, 0.25) is 0 Å². The van der Waals surface area contributed by atoms with Crippen molar-refractivity contribution in [2.24, 2.45) is 16.6 Å². The zero-order valence-corrected chi connectivity index (χ0v) is 15.7. The first-order valence-electron chi connectivity index (χ1n) is 7.95. The highest BCUT2D eigenvalue weighted by Crippen LogP contribution is 2.34.